The fourth-order valence-electron chi connectivity index (χ4n) is 7.10. The molecule has 5 aliphatic carbocycles. The second kappa shape index (κ2) is 5.47. The lowest BCUT2D eigenvalue weighted by Gasteiger charge is -2.57. The molecule has 1 aliphatic heterocycles. The van der Waals surface area contributed by atoms with Crippen molar-refractivity contribution in [1.29, 1.82) is 0 Å². The number of carbonyl (C=O) groups excluding carboxylic acids is 2. The minimum absolute atomic E-state index is 0.0790. The molecule has 0 spiro atoms. The highest BCUT2D eigenvalue weighted by atomic mass is 16.2. The Kier molecular flexibility index (Phi) is 3.47. The van der Waals surface area contributed by atoms with Gasteiger partial charge in [-0.25, -0.2) is 0 Å². The molecule has 0 aromatic carbocycles. The Morgan fingerprint density at radius 1 is 1.00 bits per heavy atom. The fourth-order valence-corrected chi connectivity index (χ4v) is 7.10. The summed E-state index contributed by atoms with van der Waals surface area (Å²) >= 11 is 0. The number of likely N-dealkylation sites (tertiary alicyclic amines) is 1. The van der Waals surface area contributed by atoms with E-state index in [4.69, 9.17) is 0 Å². The largest absolute Gasteiger partial charge is 0.350 e. The van der Waals surface area contributed by atoms with E-state index in [0.29, 0.717) is 19.0 Å². The van der Waals surface area contributed by atoms with Crippen LogP contribution in [-0.4, -0.2) is 34.8 Å². The van der Waals surface area contributed by atoms with Crippen LogP contribution in [0.25, 0.3) is 0 Å². The van der Waals surface area contributed by atoms with E-state index in [1.807, 2.05) is 4.90 Å². The first kappa shape index (κ1) is 15.2. The molecule has 6 aliphatic rings. The van der Waals surface area contributed by atoms with Crippen molar-refractivity contribution in [2.45, 2.75) is 82.2 Å². The monoisotopic (exact) mass is 330 g/mol. The Bertz CT molecular complexity index is 517. The smallest absolute Gasteiger partial charge is 0.225 e. The van der Waals surface area contributed by atoms with E-state index < -0.39 is 0 Å². The van der Waals surface area contributed by atoms with Crippen LogP contribution in [0.2, 0.25) is 0 Å². The maximum Gasteiger partial charge on any atom is 0.225 e. The molecule has 24 heavy (non-hydrogen) atoms. The third-order valence-corrected chi connectivity index (χ3v) is 7.72. The maximum atomic E-state index is 12.9. The van der Waals surface area contributed by atoms with Crippen molar-refractivity contribution in [1.82, 2.24) is 10.2 Å². The van der Waals surface area contributed by atoms with Gasteiger partial charge in [0.25, 0.3) is 0 Å². The Morgan fingerprint density at radius 3 is 2.17 bits per heavy atom. The van der Waals surface area contributed by atoms with Crippen molar-refractivity contribution in [3.8, 4) is 0 Å². The molecular weight excluding hydrogens is 300 g/mol. The van der Waals surface area contributed by atoms with Crippen LogP contribution in [0, 0.1) is 23.7 Å². The molecule has 4 nitrogen and oxygen atoms in total. The van der Waals surface area contributed by atoms with Crippen LogP contribution >= 0.6 is 0 Å². The van der Waals surface area contributed by atoms with Gasteiger partial charge in [-0.15, -0.1) is 0 Å². The molecule has 1 saturated heterocycles. The van der Waals surface area contributed by atoms with Crippen molar-refractivity contribution in [3.63, 3.8) is 0 Å². The average molecular weight is 330 g/mol. The normalized spacial score (nSPS) is 44.5. The van der Waals surface area contributed by atoms with Gasteiger partial charge in [0.1, 0.15) is 0 Å². The summed E-state index contributed by atoms with van der Waals surface area (Å²) in [5.41, 5.74) is 0.0790. The Labute approximate surface area is 144 Å². The van der Waals surface area contributed by atoms with Gasteiger partial charge < -0.3 is 10.2 Å². The number of hydrogen-bond acceptors (Lipinski definition) is 2. The highest BCUT2D eigenvalue weighted by molar-refractivity contribution is 5.89. The van der Waals surface area contributed by atoms with E-state index in [0.717, 1.165) is 30.6 Å². The number of rotatable bonds is 3. The Balaban J connectivity index is 1.25. The highest BCUT2D eigenvalue weighted by Crippen LogP contribution is 2.55. The highest BCUT2D eigenvalue weighted by Gasteiger charge is 2.52. The van der Waals surface area contributed by atoms with E-state index in [2.05, 4.69) is 5.32 Å². The predicted molar refractivity (Wildman–Crippen MR) is 91.1 cm³/mol. The molecule has 6 rings (SSSR count). The van der Waals surface area contributed by atoms with Gasteiger partial charge in [-0.1, -0.05) is 12.8 Å². The maximum absolute atomic E-state index is 12.9. The van der Waals surface area contributed by atoms with Crippen molar-refractivity contribution in [2.75, 3.05) is 6.54 Å². The van der Waals surface area contributed by atoms with Crippen LogP contribution in [0.5, 0.6) is 0 Å². The van der Waals surface area contributed by atoms with Gasteiger partial charge in [-0.3, -0.25) is 9.59 Å². The van der Waals surface area contributed by atoms with Crippen molar-refractivity contribution in [2.24, 2.45) is 23.7 Å². The van der Waals surface area contributed by atoms with E-state index in [1.165, 1.54) is 51.4 Å². The number of amides is 2. The van der Waals surface area contributed by atoms with Gasteiger partial charge in [0.2, 0.25) is 11.8 Å². The number of nitrogens with one attached hydrogen (secondary N) is 1. The van der Waals surface area contributed by atoms with E-state index in [1.54, 1.807) is 0 Å². The van der Waals surface area contributed by atoms with Crippen LogP contribution in [0.3, 0.4) is 0 Å². The lowest BCUT2D eigenvalue weighted by Crippen LogP contribution is -2.60. The molecule has 4 heteroatoms. The molecule has 0 aromatic rings. The standard InChI is InChI=1S/C20H30N2O2/c23-18-8-16(12-22(18)17-3-1-2-4-17)19(24)21-20-9-13-5-14(10-20)7-15(6-13)11-20/h13-17H,1-12H2,(H,21,24)/t13?,14?,15?,16-,20?/m1/s1. The zero-order valence-electron chi connectivity index (χ0n) is 14.6. The third-order valence-electron chi connectivity index (χ3n) is 7.72. The molecule has 6 fully saturated rings. The van der Waals surface area contributed by atoms with Gasteiger partial charge in [0.05, 0.1) is 5.92 Å². The summed E-state index contributed by atoms with van der Waals surface area (Å²) in [6.45, 7) is 0.668. The zero-order chi connectivity index (χ0) is 16.3. The molecule has 0 unspecified atom stereocenters. The van der Waals surface area contributed by atoms with Crippen LogP contribution in [0.1, 0.15) is 70.6 Å². The number of hydrogen-bond donors (Lipinski definition) is 1. The van der Waals surface area contributed by atoms with Gasteiger partial charge in [0, 0.05) is 24.5 Å². The molecule has 1 atom stereocenters. The quantitative estimate of drug-likeness (QED) is 0.865. The van der Waals surface area contributed by atoms with Crippen molar-refractivity contribution in [3.05, 3.63) is 0 Å². The number of carbonyl (C=O) groups is 2. The first-order valence-electron chi connectivity index (χ1n) is 10.2. The fraction of sp³-hybridized carbons (Fsp3) is 0.900. The Morgan fingerprint density at radius 2 is 1.58 bits per heavy atom. The van der Waals surface area contributed by atoms with Gasteiger partial charge in [0.15, 0.2) is 0 Å². The van der Waals surface area contributed by atoms with Crippen LogP contribution in [-0.2, 0) is 9.59 Å². The van der Waals surface area contributed by atoms with Gasteiger partial charge >= 0.3 is 0 Å². The molecule has 1 N–H and O–H groups in total. The Hall–Kier alpha value is -1.06. The average Bonchev–Trinajstić information content (AvgIpc) is 3.14. The zero-order valence-corrected chi connectivity index (χ0v) is 14.6. The minimum atomic E-state index is -0.105. The van der Waals surface area contributed by atoms with Gasteiger partial charge in [-0.2, -0.15) is 0 Å². The molecule has 0 radical (unpaired) electrons. The molecule has 2 amide bonds. The van der Waals surface area contributed by atoms with E-state index in [-0.39, 0.29) is 23.3 Å². The van der Waals surface area contributed by atoms with E-state index >= 15 is 0 Å². The third kappa shape index (κ3) is 2.48. The summed E-state index contributed by atoms with van der Waals surface area (Å²) < 4.78 is 0. The molecule has 5 saturated carbocycles. The van der Waals surface area contributed by atoms with Crippen LogP contribution < -0.4 is 5.32 Å². The number of nitrogens with zero attached hydrogens (tertiary/aromatic N) is 1. The molecule has 4 bridgehead atoms. The van der Waals surface area contributed by atoms with Gasteiger partial charge in [-0.05, 0) is 69.1 Å². The minimum Gasteiger partial charge on any atom is -0.350 e. The summed E-state index contributed by atoms with van der Waals surface area (Å²) in [5, 5.41) is 3.48. The van der Waals surface area contributed by atoms with Crippen molar-refractivity contribution >= 4 is 11.8 Å². The summed E-state index contributed by atoms with van der Waals surface area (Å²) in [6.07, 6.45) is 12.9. The summed E-state index contributed by atoms with van der Waals surface area (Å²) in [5.74, 6) is 2.81. The molecular formula is C20H30N2O2. The summed E-state index contributed by atoms with van der Waals surface area (Å²) in [6, 6.07) is 0.412. The molecule has 132 valence electrons. The predicted octanol–water partition coefficient (Wildman–Crippen LogP) is 2.86. The molecule has 1 heterocycles. The first-order chi connectivity index (χ1) is 11.6. The summed E-state index contributed by atoms with van der Waals surface area (Å²) in [4.78, 5) is 27.4. The van der Waals surface area contributed by atoms with Crippen LogP contribution in [0.15, 0.2) is 0 Å². The second-order valence-electron chi connectivity index (χ2n) is 9.57. The second-order valence-corrected chi connectivity index (χ2v) is 9.57. The summed E-state index contributed by atoms with van der Waals surface area (Å²) in [7, 11) is 0. The lowest BCUT2D eigenvalue weighted by atomic mass is 9.53. The van der Waals surface area contributed by atoms with Crippen molar-refractivity contribution < 1.29 is 9.59 Å². The SMILES string of the molecule is O=C(NC12CC3CC(CC(C3)C1)C2)[C@@H]1CC(=O)N(C2CCCC2)C1. The topological polar surface area (TPSA) is 49.4 Å². The van der Waals surface area contributed by atoms with E-state index in [9.17, 15) is 9.59 Å². The first-order valence-corrected chi connectivity index (χ1v) is 10.2. The van der Waals surface area contributed by atoms with Crippen LogP contribution in [0.4, 0.5) is 0 Å². The molecule has 0 aromatic heterocycles. The lowest BCUT2D eigenvalue weighted by molar-refractivity contribution is -0.132.